The van der Waals surface area contributed by atoms with Gasteiger partial charge in [0.25, 0.3) is 0 Å². The van der Waals surface area contributed by atoms with Crippen molar-refractivity contribution in [2.45, 2.75) is 59.4 Å². The third kappa shape index (κ3) is 2.99. The van der Waals surface area contributed by atoms with Crippen LogP contribution in [0.1, 0.15) is 56.1 Å². The number of aromatic nitrogens is 2. The lowest BCUT2D eigenvalue weighted by atomic mass is 9.80. The molecule has 0 aliphatic heterocycles. The van der Waals surface area contributed by atoms with Crippen LogP contribution in [0.15, 0.2) is 0 Å². The van der Waals surface area contributed by atoms with Crippen LogP contribution < -0.4 is 0 Å². The molecule has 0 saturated heterocycles. The van der Waals surface area contributed by atoms with Crippen LogP contribution in [0.25, 0.3) is 0 Å². The molecule has 1 N–H and O–H groups in total. The monoisotopic (exact) mass is 264 g/mol. The summed E-state index contributed by atoms with van der Waals surface area (Å²) in [7, 11) is 0. The van der Waals surface area contributed by atoms with Crippen LogP contribution in [0.5, 0.6) is 0 Å². The molecule has 1 aliphatic rings. The fourth-order valence-electron chi connectivity index (χ4n) is 3.56. The second-order valence-corrected chi connectivity index (χ2v) is 6.24. The number of rotatable bonds is 3. The maximum atomic E-state index is 10.9. The number of aliphatic carboxylic acids is 1. The molecule has 0 aromatic carbocycles. The van der Waals surface area contributed by atoms with Crippen molar-refractivity contribution >= 4 is 5.97 Å². The number of carboxylic acids is 1. The van der Waals surface area contributed by atoms with Gasteiger partial charge in [-0.05, 0) is 44.9 Å². The predicted octanol–water partition coefficient (Wildman–Crippen LogP) is 3.12. The Bertz CT molecular complexity index is 469. The molecule has 19 heavy (non-hydrogen) atoms. The summed E-state index contributed by atoms with van der Waals surface area (Å²) in [5.41, 5.74) is 2.79. The Labute approximate surface area is 114 Å². The molecule has 2 rings (SSSR count). The number of carboxylic acid groups (broad SMARTS) is 1. The largest absolute Gasteiger partial charge is 0.481 e. The highest BCUT2D eigenvalue weighted by molar-refractivity contribution is 5.70. The van der Waals surface area contributed by atoms with E-state index in [9.17, 15) is 4.79 Å². The Morgan fingerprint density at radius 1 is 1.26 bits per heavy atom. The Morgan fingerprint density at radius 2 is 1.84 bits per heavy atom. The van der Waals surface area contributed by atoms with Gasteiger partial charge in [-0.3, -0.25) is 9.48 Å². The average Bonchev–Trinajstić information content (AvgIpc) is 2.55. The number of hydrogen-bond acceptors (Lipinski definition) is 2. The van der Waals surface area contributed by atoms with Crippen molar-refractivity contribution in [3.05, 3.63) is 17.0 Å². The minimum absolute atomic E-state index is 0.0789. The molecule has 1 aromatic heterocycles. The molecule has 0 amide bonds. The van der Waals surface area contributed by atoms with Crippen molar-refractivity contribution in [3.8, 4) is 0 Å². The van der Waals surface area contributed by atoms with Gasteiger partial charge in [-0.1, -0.05) is 13.8 Å². The third-order valence-corrected chi connectivity index (χ3v) is 4.30. The van der Waals surface area contributed by atoms with Crippen LogP contribution in [0.4, 0.5) is 0 Å². The number of carbonyl (C=O) groups is 1. The van der Waals surface area contributed by atoms with Crippen LogP contribution in [-0.2, 0) is 11.2 Å². The van der Waals surface area contributed by atoms with Gasteiger partial charge in [-0.25, -0.2) is 0 Å². The maximum absolute atomic E-state index is 10.9. The van der Waals surface area contributed by atoms with E-state index in [1.165, 1.54) is 6.42 Å². The lowest BCUT2D eigenvalue weighted by Gasteiger charge is -2.32. The first-order valence-corrected chi connectivity index (χ1v) is 7.14. The van der Waals surface area contributed by atoms with E-state index < -0.39 is 5.97 Å². The summed E-state index contributed by atoms with van der Waals surface area (Å²) in [6.07, 6.45) is 3.67. The van der Waals surface area contributed by atoms with E-state index in [1.807, 2.05) is 13.8 Å². The normalized spacial score (nSPS) is 27.5. The first-order chi connectivity index (χ1) is 8.88. The molecule has 106 valence electrons. The van der Waals surface area contributed by atoms with Gasteiger partial charge in [0.15, 0.2) is 0 Å². The number of hydrogen-bond donors (Lipinski definition) is 1. The van der Waals surface area contributed by atoms with E-state index in [1.54, 1.807) is 0 Å². The van der Waals surface area contributed by atoms with Gasteiger partial charge in [0.1, 0.15) is 0 Å². The molecule has 0 radical (unpaired) electrons. The molecular formula is C15H24N2O2. The summed E-state index contributed by atoms with van der Waals surface area (Å²) < 4.78 is 2.08. The lowest BCUT2D eigenvalue weighted by molar-refractivity contribution is -0.136. The summed E-state index contributed by atoms with van der Waals surface area (Å²) in [6, 6.07) is 0.431. The molecule has 1 saturated carbocycles. The van der Waals surface area contributed by atoms with Crippen LogP contribution in [0.3, 0.4) is 0 Å². The minimum Gasteiger partial charge on any atom is -0.481 e. The van der Waals surface area contributed by atoms with Gasteiger partial charge < -0.3 is 5.11 Å². The molecule has 4 nitrogen and oxygen atoms in total. The highest BCUT2D eigenvalue weighted by atomic mass is 16.4. The summed E-state index contributed by atoms with van der Waals surface area (Å²) in [4.78, 5) is 10.9. The Morgan fingerprint density at radius 3 is 2.37 bits per heavy atom. The van der Waals surface area contributed by atoms with Gasteiger partial charge >= 0.3 is 5.97 Å². The zero-order valence-corrected chi connectivity index (χ0v) is 12.3. The van der Waals surface area contributed by atoms with Gasteiger partial charge in [0.2, 0.25) is 0 Å². The van der Waals surface area contributed by atoms with Crippen LogP contribution >= 0.6 is 0 Å². The first kappa shape index (κ1) is 14.1. The molecule has 1 heterocycles. The molecule has 0 spiro atoms. The fraction of sp³-hybridized carbons (Fsp3) is 0.733. The van der Waals surface area contributed by atoms with Crippen molar-refractivity contribution in [3.63, 3.8) is 0 Å². The average molecular weight is 264 g/mol. The Hall–Kier alpha value is -1.32. The zero-order chi connectivity index (χ0) is 14.2. The fourth-order valence-corrected chi connectivity index (χ4v) is 3.56. The highest BCUT2D eigenvalue weighted by Crippen LogP contribution is 2.36. The number of aryl methyl sites for hydroxylation is 1. The molecular weight excluding hydrogens is 240 g/mol. The highest BCUT2D eigenvalue weighted by Gasteiger charge is 2.28. The van der Waals surface area contributed by atoms with Crippen molar-refractivity contribution < 1.29 is 9.90 Å². The van der Waals surface area contributed by atoms with Crippen molar-refractivity contribution in [1.29, 1.82) is 0 Å². The molecule has 2 atom stereocenters. The van der Waals surface area contributed by atoms with Crippen molar-refractivity contribution in [2.24, 2.45) is 11.8 Å². The van der Waals surface area contributed by atoms with Gasteiger partial charge in [-0.2, -0.15) is 5.10 Å². The zero-order valence-electron chi connectivity index (χ0n) is 12.3. The van der Waals surface area contributed by atoms with Gasteiger partial charge in [-0.15, -0.1) is 0 Å². The minimum atomic E-state index is -0.781. The van der Waals surface area contributed by atoms with Crippen LogP contribution in [-0.4, -0.2) is 20.9 Å². The predicted molar refractivity (Wildman–Crippen MR) is 74.3 cm³/mol. The van der Waals surface area contributed by atoms with Gasteiger partial charge in [0, 0.05) is 11.3 Å². The lowest BCUT2D eigenvalue weighted by Crippen LogP contribution is -2.24. The smallest absolute Gasteiger partial charge is 0.307 e. The summed E-state index contributed by atoms with van der Waals surface area (Å²) in [5.74, 6) is 0.664. The maximum Gasteiger partial charge on any atom is 0.307 e. The standard InChI is InChI=1S/C15H24N2O2/c1-9-5-10(2)7-13(6-9)17-12(4)14(8-15(18)19)11(3)16-17/h9-10,13H,5-8H2,1-4H3,(H,18,19). The first-order valence-electron chi connectivity index (χ1n) is 7.14. The Kier molecular flexibility index (Phi) is 3.97. The van der Waals surface area contributed by atoms with E-state index in [0.717, 1.165) is 41.6 Å². The molecule has 2 unspecified atom stereocenters. The Balaban J connectivity index is 2.27. The topological polar surface area (TPSA) is 55.1 Å². The summed E-state index contributed by atoms with van der Waals surface area (Å²) in [5, 5.41) is 13.6. The van der Waals surface area contributed by atoms with Crippen LogP contribution in [0.2, 0.25) is 0 Å². The second-order valence-electron chi connectivity index (χ2n) is 6.24. The van der Waals surface area contributed by atoms with E-state index in [0.29, 0.717) is 6.04 Å². The molecule has 0 bridgehead atoms. The third-order valence-electron chi connectivity index (χ3n) is 4.30. The number of nitrogens with zero attached hydrogens (tertiary/aromatic N) is 2. The van der Waals surface area contributed by atoms with E-state index >= 15 is 0 Å². The van der Waals surface area contributed by atoms with Gasteiger partial charge in [0.05, 0.1) is 18.2 Å². The molecule has 1 aliphatic carbocycles. The van der Waals surface area contributed by atoms with Crippen LogP contribution in [0, 0.1) is 25.7 Å². The molecule has 1 aromatic rings. The van der Waals surface area contributed by atoms with E-state index in [4.69, 9.17) is 5.11 Å². The quantitative estimate of drug-likeness (QED) is 0.912. The second kappa shape index (κ2) is 5.35. The van der Waals surface area contributed by atoms with E-state index in [-0.39, 0.29) is 6.42 Å². The van der Waals surface area contributed by atoms with E-state index in [2.05, 4.69) is 23.6 Å². The summed E-state index contributed by atoms with van der Waals surface area (Å²) >= 11 is 0. The molecule has 1 fully saturated rings. The van der Waals surface area contributed by atoms with Crippen molar-refractivity contribution in [2.75, 3.05) is 0 Å². The summed E-state index contributed by atoms with van der Waals surface area (Å²) in [6.45, 7) is 8.51. The SMILES string of the molecule is Cc1nn(C2CC(C)CC(C)C2)c(C)c1CC(=O)O. The molecule has 4 heteroatoms. The van der Waals surface area contributed by atoms with Crippen molar-refractivity contribution in [1.82, 2.24) is 9.78 Å².